The van der Waals surface area contributed by atoms with Crippen molar-refractivity contribution in [1.82, 2.24) is 24.8 Å². The van der Waals surface area contributed by atoms with Crippen LogP contribution in [0.15, 0.2) is 42.7 Å². The first-order valence-corrected chi connectivity index (χ1v) is 11.7. The van der Waals surface area contributed by atoms with Gasteiger partial charge in [0.2, 0.25) is 0 Å². The zero-order valence-electron chi connectivity index (χ0n) is 21.7. The number of amides is 1. The van der Waals surface area contributed by atoms with Crippen LogP contribution in [0.1, 0.15) is 53.5 Å². The number of aromatic nitrogens is 5. The highest BCUT2D eigenvalue weighted by molar-refractivity contribution is 6.05. The molecule has 0 spiro atoms. The molecule has 0 aliphatic rings. The lowest BCUT2D eigenvalue weighted by Gasteiger charge is -2.23. The zero-order chi connectivity index (χ0) is 26.2. The Morgan fingerprint density at radius 2 is 1.92 bits per heavy atom. The number of ether oxygens (including phenoxy) is 1. The van der Waals surface area contributed by atoms with Gasteiger partial charge in [0, 0.05) is 29.4 Å². The van der Waals surface area contributed by atoms with Crippen molar-refractivity contribution in [2.75, 3.05) is 12.4 Å². The Morgan fingerprint density at radius 1 is 1.17 bits per heavy atom. The zero-order valence-corrected chi connectivity index (χ0v) is 21.7. The molecule has 2 N–H and O–H groups in total. The number of carbonyl (C=O) groups is 1. The lowest BCUT2D eigenvalue weighted by Crippen LogP contribution is -2.17. The molecule has 1 amide bonds. The van der Waals surface area contributed by atoms with E-state index in [1.54, 1.807) is 27.7 Å². The number of nitrogens with one attached hydrogen (secondary N) is 1. The predicted octanol–water partition coefficient (Wildman–Crippen LogP) is 4.34. The molecular formula is C27H32N6O3. The summed E-state index contributed by atoms with van der Waals surface area (Å²) in [6.45, 7) is 9.96. The lowest BCUT2D eigenvalue weighted by molar-refractivity contribution is 0.102. The fourth-order valence-electron chi connectivity index (χ4n) is 4.02. The SMILES string of the molecule is COc1c(CO)cc(C(C)(C)C)cc1NC(=O)c1ccc(C)c(-n2cc(-c3cnn(C)c3C)nn2)c1. The number of carbonyl (C=O) groups excluding carboxylic acids is 1. The summed E-state index contributed by atoms with van der Waals surface area (Å²) in [4.78, 5) is 13.3. The number of aryl methyl sites for hydroxylation is 2. The van der Waals surface area contributed by atoms with Crippen LogP contribution < -0.4 is 10.1 Å². The van der Waals surface area contributed by atoms with E-state index in [0.29, 0.717) is 28.3 Å². The highest BCUT2D eigenvalue weighted by atomic mass is 16.5. The summed E-state index contributed by atoms with van der Waals surface area (Å²) in [7, 11) is 3.41. The van der Waals surface area contributed by atoms with Gasteiger partial charge in [-0.15, -0.1) is 5.10 Å². The fourth-order valence-corrected chi connectivity index (χ4v) is 4.02. The Kier molecular flexibility index (Phi) is 6.69. The van der Waals surface area contributed by atoms with E-state index >= 15 is 0 Å². The summed E-state index contributed by atoms with van der Waals surface area (Å²) in [6, 6.07) is 9.23. The Balaban J connectivity index is 1.68. The van der Waals surface area contributed by atoms with Crippen molar-refractivity contribution in [2.45, 2.75) is 46.6 Å². The second-order valence-corrected chi connectivity index (χ2v) is 9.90. The molecule has 36 heavy (non-hydrogen) atoms. The Bertz CT molecular complexity index is 1430. The molecule has 4 rings (SSSR count). The topological polar surface area (TPSA) is 107 Å². The van der Waals surface area contributed by atoms with E-state index in [2.05, 4.69) is 41.5 Å². The van der Waals surface area contributed by atoms with E-state index < -0.39 is 0 Å². The number of aliphatic hydroxyl groups excluding tert-OH is 1. The molecule has 0 fully saturated rings. The number of hydrogen-bond donors (Lipinski definition) is 2. The smallest absolute Gasteiger partial charge is 0.255 e. The Hall–Kier alpha value is -3.98. The first kappa shape index (κ1) is 25.1. The van der Waals surface area contributed by atoms with Crippen LogP contribution in [0, 0.1) is 13.8 Å². The molecule has 188 valence electrons. The number of methoxy groups -OCH3 is 1. The van der Waals surface area contributed by atoms with Crippen LogP contribution in [0.2, 0.25) is 0 Å². The fraction of sp³-hybridized carbons (Fsp3) is 0.333. The van der Waals surface area contributed by atoms with Crippen molar-refractivity contribution >= 4 is 11.6 Å². The van der Waals surface area contributed by atoms with E-state index in [9.17, 15) is 9.90 Å². The van der Waals surface area contributed by atoms with Gasteiger partial charge in [-0.2, -0.15) is 5.10 Å². The van der Waals surface area contributed by atoms with Crippen molar-refractivity contribution in [1.29, 1.82) is 0 Å². The summed E-state index contributed by atoms with van der Waals surface area (Å²) in [5.41, 5.74) is 6.67. The normalized spacial score (nSPS) is 11.6. The summed E-state index contributed by atoms with van der Waals surface area (Å²) in [5.74, 6) is 0.145. The number of benzene rings is 2. The third-order valence-electron chi connectivity index (χ3n) is 6.38. The summed E-state index contributed by atoms with van der Waals surface area (Å²) in [5, 5.41) is 25.8. The van der Waals surface area contributed by atoms with Crippen molar-refractivity contribution < 1.29 is 14.6 Å². The number of rotatable bonds is 6. The van der Waals surface area contributed by atoms with Crippen molar-refractivity contribution in [3.05, 3.63) is 70.7 Å². The molecule has 9 heteroatoms. The maximum atomic E-state index is 13.3. The van der Waals surface area contributed by atoms with Gasteiger partial charge in [-0.3, -0.25) is 9.48 Å². The Morgan fingerprint density at radius 3 is 2.53 bits per heavy atom. The van der Waals surface area contributed by atoms with Crippen LogP contribution in [0.5, 0.6) is 5.75 Å². The highest BCUT2D eigenvalue weighted by Crippen LogP contribution is 2.35. The van der Waals surface area contributed by atoms with E-state index in [1.165, 1.54) is 7.11 Å². The first-order chi connectivity index (χ1) is 17.0. The van der Waals surface area contributed by atoms with Crippen LogP contribution in [0.3, 0.4) is 0 Å². The molecule has 2 heterocycles. The largest absolute Gasteiger partial charge is 0.494 e. The minimum atomic E-state index is -0.298. The molecule has 0 saturated carbocycles. The summed E-state index contributed by atoms with van der Waals surface area (Å²) < 4.78 is 8.99. The van der Waals surface area contributed by atoms with Gasteiger partial charge in [0.05, 0.1) is 37.5 Å². The molecule has 0 unspecified atom stereocenters. The molecule has 0 bridgehead atoms. The van der Waals surface area contributed by atoms with Gasteiger partial charge >= 0.3 is 0 Å². The highest BCUT2D eigenvalue weighted by Gasteiger charge is 2.21. The molecular weight excluding hydrogens is 456 g/mol. The molecule has 0 atom stereocenters. The minimum absolute atomic E-state index is 0.176. The van der Waals surface area contributed by atoms with Gasteiger partial charge < -0.3 is 15.2 Å². The van der Waals surface area contributed by atoms with Gasteiger partial charge in [0.1, 0.15) is 11.4 Å². The van der Waals surface area contributed by atoms with Crippen molar-refractivity contribution in [3.63, 3.8) is 0 Å². The standard InChI is InChI=1S/C27H32N6O3/c1-16-8-9-18(11-24(16)33-14-23(30-31-33)21-13-28-32(6)17(21)2)26(35)29-22-12-20(27(3,4)5)10-19(15-34)25(22)36-7/h8-14,34H,15H2,1-7H3,(H,29,35). The van der Waals surface area contributed by atoms with E-state index in [4.69, 9.17) is 4.74 Å². The van der Waals surface area contributed by atoms with E-state index in [-0.39, 0.29) is 17.9 Å². The lowest BCUT2D eigenvalue weighted by atomic mass is 9.85. The second kappa shape index (κ2) is 9.58. The average molecular weight is 489 g/mol. The molecule has 0 aliphatic carbocycles. The number of anilines is 1. The van der Waals surface area contributed by atoms with Gasteiger partial charge in [-0.1, -0.05) is 32.1 Å². The van der Waals surface area contributed by atoms with Crippen molar-refractivity contribution in [3.8, 4) is 22.7 Å². The predicted molar refractivity (Wildman–Crippen MR) is 139 cm³/mol. The van der Waals surface area contributed by atoms with Gasteiger partial charge in [-0.05, 0) is 54.7 Å². The molecule has 2 aromatic heterocycles. The third-order valence-corrected chi connectivity index (χ3v) is 6.38. The van der Waals surface area contributed by atoms with Crippen LogP contribution in [-0.2, 0) is 19.1 Å². The van der Waals surface area contributed by atoms with Gasteiger partial charge in [0.15, 0.2) is 0 Å². The molecule has 4 aromatic rings. The Labute approximate surface area is 210 Å². The third kappa shape index (κ3) is 4.74. The molecule has 0 saturated heterocycles. The second-order valence-electron chi connectivity index (χ2n) is 9.90. The van der Waals surface area contributed by atoms with Gasteiger partial charge in [0.25, 0.3) is 5.91 Å². The summed E-state index contributed by atoms with van der Waals surface area (Å²) >= 11 is 0. The average Bonchev–Trinajstić information content (AvgIpc) is 3.44. The van der Waals surface area contributed by atoms with Gasteiger partial charge in [-0.25, -0.2) is 4.68 Å². The van der Waals surface area contributed by atoms with Crippen LogP contribution in [0.4, 0.5) is 5.69 Å². The maximum Gasteiger partial charge on any atom is 0.255 e. The van der Waals surface area contributed by atoms with Crippen LogP contribution in [-0.4, -0.2) is 42.9 Å². The number of aliphatic hydroxyl groups is 1. The number of nitrogens with zero attached hydrogens (tertiary/aromatic N) is 5. The van der Waals surface area contributed by atoms with Crippen LogP contribution >= 0.6 is 0 Å². The molecule has 9 nitrogen and oxygen atoms in total. The quantitative estimate of drug-likeness (QED) is 0.418. The maximum absolute atomic E-state index is 13.3. The molecule has 0 radical (unpaired) electrons. The minimum Gasteiger partial charge on any atom is -0.494 e. The monoisotopic (exact) mass is 488 g/mol. The van der Waals surface area contributed by atoms with Crippen molar-refractivity contribution in [2.24, 2.45) is 7.05 Å². The van der Waals surface area contributed by atoms with Crippen LogP contribution in [0.25, 0.3) is 16.9 Å². The van der Waals surface area contributed by atoms with E-state index in [1.807, 2.05) is 45.3 Å². The first-order valence-electron chi connectivity index (χ1n) is 11.7. The molecule has 0 aliphatic heterocycles. The summed E-state index contributed by atoms with van der Waals surface area (Å²) in [6.07, 6.45) is 3.59. The molecule has 2 aromatic carbocycles. The van der Waals surface area contributed by atoms with E-state index in [0.717, 1.165) is 28.1 Å². The number of hydrogen-bond acceptors (Lipinski definition) is 6.